The van der Waals surface area contributed by atoms with Crippen molar-refractivity contribution in [2.75, 3.05) is 4.90 Å². The maximum absolute atomic E-state index is 15.1. The lowest BCUT2D eigenvalue weighted by atomic mass is 9.64. The van der Waals surface area contributed by atoms with E-state index in [4.69, 9.17) is 23.2 Å². The Labute approximate surface area is 270 Å². The number of anilines is 1. The van der Waals surface area contributed by atoms with E-state index in [1.54, 1.807) is 18.2 Å². The molecule has 2 fully saturated rings. The van der Waals surface area contributed by atoms with Crippen LogP contribution >= 0.6 is 23.2 Å². The first-order valence-corrected chi connectivity index (χ1v) is 14.7. The van der Waals surface area contributed by atoms with Crippen LogP contribution in [0.3, 0.4) is 0 Å². The molecule has 16 heteroatoms. The molecule has 4 aromatic rings. The van der Waals surface area contributed by atoms with E-state index in [0.29, 0.717) is 0 Å². The van der Waals surface area contributed by atoms with Gasteiger partial charge in [0.25, 0.3) is 11.8 Å². The van der Waals surface area contributed by atoms with E-state index in [-0.39, 0.29) is 33.8 Å². The summed E-state index contributed by atoms with van der Waals surface area (Å²) in [5, 5.41) is 11.2. The Hall–Kier alpha value is -4.69. The average Bonchev–Trinajstić information content (AvgIpc) is 3.39. The number of hydrogen-bond acceptors (Lipinski definition) is 5. The molecule has 4 atom stereocenters. The third kappa shape index (κ3) is 3.76. The van der Waals surface area contributed by atoms with Gasteiger partial charge in [0.15, 0.2) is 33.0 Å². The van der Waals surface area contributed by atoms with E-state index >= 15 is 8.78 Å². The number of alkyl halides is 2. The molecule has 1 aromatic heterocycles. The van der Waals surface area contributed by atoms with E-state index in [0.717, 1.165) is 13.9 Å². The first kappa shape index (κ1) is 30.9. The van der Waals surface area contributed by atoms with Gasteiger partial charge in [0.1, 0.15) is 11.4 Å². The minimum absolute atomic E-state index is 0.0901. The predicted octanol–water partition coefficient (Wildman–Crippen LogP) is 4.71. The van der Waals surface area contributed by atoms with Crippen molar-refractivity contribution in [3.05, 3.63) is 121 Å². The molecule has 1 saturated heterocycles. The highest BCUT2D eigenvalue weighted by Gasteiger charge is 2.76. The number of amides is 2. The molecule has 47 heavy (non-hydrogen) atoms. The molecular weight excluding hydrogens is 674 g/mol. The van der Waals surface area contributed by atoms with Gasteiger partial charge in [-0.3, -0.25) is 9.59 Å². The fourth-order valence-corrected chi connectivity index (χ4v) is 7.79. The lowest BCUT2D eigenvalue weighted by Gasteiger charge is -2.49. The van der Waals surface area contributed by atoms with E-state index in [1.807, 2.05) is 0 Å². The second-order valence-electron chi connectivity index (χ2n) is 11.4. The van der Waals surface area contributed by atoms with Crippen LogP contribution in [0.4, 0.5) is 27.6 Å². The third-order valence-corrected chi connectivity index (χ3v) is 10.5. The molecule has 9 nitrogen and oxygen atoms in total. The highest BCUT2D eigenvalue weighted by atomic mass is 35.5. The molecule has 2 aliphatic heterocycles. The van der Waals surface area contributed by atoms with Crippen molar-refractivity contribution in [3.63, 3.8) is 0 Å². The summed E-state index contributed by atoms with van der Waals surface area (Å²) in [4.78, 5) is 50.1. The van der Waals surface area contributed by atoms with Gasteiger partial charge in [-0.15, -0.1) is 23.2 Å². The van der Waals surface area contributed by atoms with Gasteiger partial charge in [-0.2, -0.15) is 0 Å². The first-order chi connectivity index (χ1) is 22.2. The van der Waals surface area contributed by atoms with Crippen LogP contribution in [0.1, 0.15) is 29.5 Å². The lowest BCUT2D eigenvalue weighted by molar-refractivity contribution is -0.122. The number of aromatic nitrogens is 3. The van der Waals surface area contributed by atoms with E-state index in [1.165, 1.54) is 43.3 Å². The number of rotatable bonds is 3. The third-order valence-electron chi connectivity index (χ3n) is 9.08. The topological polar surface area (TPSA) is 107 Å². The maximum atomic E-state index is 15.1. The molecule has 1 saturated carbocycles. The summed E-state index contributed by atoms with van der Waals surface area (Å²) in [6.45, 7) is 1.25. The number of aryl methyl sites for hydroxylation is 1. The molecule has 3 aromatic carbocycles. The van der Waals surface area contributed by atoms with Crippen LogP contribution in [0.15, 0.2) is 69.8 Å². The number of hydrogen-bond donors (Lipinski definition) is 1. The fourth-order valence-electron chi connectivity index (χ4n) is 6.89. The van der Waals surface area contributed by atoms with Crippen LogP contribution in [-0.4, -0.2) is 40.6 Å². The molecule has 1 N–H and O–H groups in total. The summed E-state index contributed by atoms with van der Waals surface area (Å²) in [5.74, 6) is -17.7. The average molecular weight is 693 g/mol. The summed E-state index contributed by atoms with van der Waals surface area (Å²) < 4.78 is 75.8. The predicted molar refractivity (Wildman–Crippen MR) is 158 cm³/mol. The Bertz CT molecular complexity index is 2210. The van der Waals surface area contributed by atoms with Crippen LogP contribution in [-0.2, 0) is 16.1 Å². The molecule has 1 aliphatic carbocycles. The van der Waals surface area contributed by atoms with Gasteiger partial charge in [-0.05, 0) is 30.2 Å². The molecule has 0 spiro atoms. The Morgan fingerprint density at radius 2 is 1.43 bits per heavy atom. The minimum Gasteiger partial charge on any atom is -0.507 e. The van der Waals surface area contributed by atoms with E-state index in [9.17, 15) is 37.5 Å². The van der Waals surface area contributed by atoms with Gasteiger partial charge in [0, 0.05) is 17.9 Å². The normalized spacial score (nSPS) is 25.0. The van der Waals surface area contributed by atoms with E-state index < -0.39 is 91.8 Å². The Morgan fingerprint density at radius 3 is 2.06 bits per heavy atom. The van der Waals surface area contributed by atoms with Crippen molar-refractivity contribution in [2.24, 2.45) is 0 Å². The molecule has 0 radical (unpaired) electrons. The summed E-state index contributed by atoms with van der Waals surface area (Å²) >= 11 is 14.1. The van der Waals surface area contributed by atoms with Crippen molar-refractivity contribution in [1.82, 2.24) is 13.9 Å². The van der Waals surface area contributed by atoms with Gasteiger partial charge in [-0.1, -0.05) is 42.5 Å². The monoisotopic (exact) mass is 692 g/mol. The van der Waals surface area contributed by atoms with Gasteiger partial charge >= 0.3 is 11.4 Å². The number of para-hydroxylation sites is 2. The number of imide groups is 1. The number of aromatic hydroxyl groups is 1. The highest BCUT2D eigenvalue weighted by Crippen LogP contribution is 2.65. The second-order valence-corrected chi connectivity index (χ2v) is 12.7. The zero-order chi connectivity index (χ0) is 33.9. The van der Waals surface area contributed by atoms with Crippen LogP contribution in [0.5, 0.6) is 5.75 Å². The molecule has 242 valence electrons. The number of allylic oxidation sites excluding steroid dienone is 2. The first-order valence-electron chi connectivity index (χ1n) is 13.9. The van der Waals surface area contributed by atoms with Gasteiger partial charge < -0.3 is 5.11 Å². The van der Waals surface area contributed by atoms with Crippen molar-refractivity contribution in [1.29, 1.82) is 0 Å². The fraction of sp³-hybridized carbons (Fsp3) is 0.226. The summed E-state index contributed by atoms with van der Waals surface area (Å²) in [6, 6.07) is 10.9. The number of nitrogens with zero attached hydrogens (tertiary/aromatic N) is 4. The van der Waals surface area contributed by atoms with Crippen molar-refractivity contribution in [2.45, 2.75) is 41.6 Å². The molecule has 4 unspecified atom stereocenters. The number of carbonyl (C=O) groups is 2. The number of phenolic OH excluding ortho intramolecular Hbond substituents is 1. The van der Waals surface area contributed by atoms with Gasteiger partial charge in [-0.25, -0.2) is 50.4 Å². The number of benzene rings is 3. The lowest BCUT2D eigenvalue weighted by Crippen LogP contribution is -2.59. The van der Waals surface area contributed by atoms with Crippen LogP contribution in [0.2, 0.25) is 0 Å². The smallest absolute Gasteiger partial charge is 0.352 e. The Kier molecular flexibility index (Phi) is 6.68. The summed E-state index contributed by atoms with van der Waals surface area (Å²) in [7, 11) is 0. The van der Waals surface area contributed by atoms with Gasteiger partial charge in [0.2, 0.25) is 5.82 Å². The van der Waals surface area contributed by atoms with Crippen LogP contribution in [0, 0.1) is 36.0 Å². The summed E-state index contributed by atoms with van der Waals surface area (Å²) in [5.41, 5.74) is -3.01. The quantitative estimate of drug-likeness (QED) is 0.0837. The molecule has 2 amide bonds. The Morgan fingerprint density at radius 1 is 0.809 bits per heavy atom. The minimum atomic E-state index is -2.76. The summed E-state index contributed by atoms with van der Waals surface area (Å²) in [6.07, 6.45) is 0.703. The number of phenols is 1. The SMILES string of the molecule is Cc1cccc(C2C3=CCn4c(=O)n(-c5ccccc5)c(=O)n4C3CC3(Cl)C(=O)N(c4c(F)c(F)c(F)c(F)c4F)C(=O)C23Cl)c1O. The van der Waals surface area contributed by atoms with Gasteiger partial charge in [0.05, 0.1) is 18.3 Å². The number of carbonyl (C=O) groups excluding carboxylic acids is 2. The van der Waals surface area contributed by atoms with Crippen LogP contribution < -0.4 is 16.3 Å². The molecule has 7 rings (SSSR count). The highest BCUT2D eigenvalue weighted by molar-refractivity contribution is 6.58. The molecule has 0 bridgehead atoms. The standard InChI is InChI=1S/C31H19Cl2F5N4O5/c1-13-6-5-9-16(25(13)43)18-15-10-11-39-28(46)40(14-7-3-2-4-8-14)29(47)42(39)17(15)12-30(32)26(44)41(27(45)31(18,30)33)24-22(37)20(35)19(34)21(36)23(24)38/h2-10,17-18,43H,11-12H2,1H3. The maximum Gasteiger partial charge on any atom is 0.352 e. The van der Waals surface area contributed by atoms with Crippen molar-refractivity contribution < 1.29 is 36.6 Å². The van der Waals surface area contributed by atoms with E-state index in [2.05, 4.69) is 0 Å². The largest absolute Gasteiger partial charge is 0.507 e. The zero-order valence-corrected chi connectivity index (χ0v) is 25.3. The van der Waals surface area contributed by atoms with Crippen molar-refractivity contribution >= 4 is 40.7 Å². The number of halogens is 7. The molecule has 3 heterocycles. The van der Waals surface area contributed by atoms with Crippen LogP contribution in [0.25, 0.3) is 5.69 Å². The zero-order valence-electron chi connectivity index (χ0n) is 23.8. The molecule has 3 aliphatic rings. The molecular formula is C31H19Cl2F5N4O5. The number of fused-ring (bicyclic) bond motifs is 4. The second kappa shape index (κ2) is 10.2. The van der Waals surface area contributed by atoms with Crippen molar-refractivity contribution in [3.8, 4) is 11.4 Å². The Balaban J connectivity index is 1.51.